The van der Waals surface area contributed by atoms with Crippen molar-refractivity contribution < 1.29 is 39.6 Å². The van der Waals surface area contributed by atoms with Crippen molar-refractivity contribution in [1.29, 1.82) is 0 Å². The lowest BCUT2D eigenvalue weighted by Crippen LogP contribution is -2.22. The fourth-order valence-electron chi connectivity index (χ4n) is 6.61. The highest BCUT2D eigenvalue weighted by Crippen LogP contribution is 2.47. The summed E-state index contributed by atoms with van der Waals surface area (Å²) in [6.45, 7) is 6.36. The summed E-state index contributed by atoms with van der Waals surface area (Å²) < 4.78 is 0. The lowest BCUT2D eigenvalue weighted by Gasteiger charge is -2.23. The Balaban J connectivity index is 0.000000189. The minimum absolute atomic E-state index is 0.0600. The number of phenols is 4. The average molecular weight is 822 g/mol. The summed E-state index contributed by atoms with van der Waals surface area (Å²) in [7, 11) is 0. The minimum Gasteiger partial charge on any atom is -0.507 e. The van der Waals surface area contributed by atoms with Crippen molar-refractivity contribution in [3.8, 4) is 23.0 Å². The van der Waals surface area contributed by atoms with E-state index in [1.54, 1.807) is 39.8 Å². The molecule has 8 rings (SSSR count). The third-order valence-corrected chi connectivity index (χ3v) is 12.9. The van der Waals surface area contributed by atoms with Crippen LogP contribution < -0.4 is 0 Å². The molecule has 6 aromatic rings. The number of halogens is 2. The molecule has 0 unspecified atom stereocenters. The van der Waals surface area contributed by atoms with Gasteiger partial charge in [-0.15, -0.1) is 0 Å². The molecular formula is C44H30Cl2O8S2. The largest absolute Gasteiger partial charge is 0.507 e. The van der Waals surface area contributed by atoms with E-state index in [1.165, 1.54) is 35.7 Å². The van der Waals surface area contributed by atoms with Gasteiger partial charge in [0.2, 0.25) is 0 Å². The Morgan fingerprint density at radius 3 is 0.929 bits per heavy atom. The van der Waals surface area contributed by atoms with Crippen molar-refractivity contribution in [3.63, 3.8) is 0 Å². The number of rotatable bonds is 4. The van der Waals surface area contributed by atoms with Crippen molar-refractivity contribution in [2.75, 3.05) is 0 Å². The number of hydrogen-bond donors (Lipinski definition) is 4. The Morgan fingerprint density at radius 1 is 0.411 bits per heavy atom. The SMILES string of the molecule is Cc1c(C)c(O)c2c(c1O)C(=O)c1cc(Cl)c(Cl)cc1C2=O.Cc1c(C)c(O)c2c(c1O)C(=O)c1cc(Sc3ccccc3)c(Sc3ccccc3)cc1C2=O. The molecule has 280 valence electrons. The molecule has 2 aliphatic rings. The van der Waals surface area contributed by atoms with Gasteiger partial charge in [-0.2, -0.15) is 0 Å². The summed E-state index contributed by atoms with van der Waals surface area (Å²) in [4.78, 5) is 56.0. The predicted octanol–water partition coefficient (Wildman–Crippen LogP) is 10.6. The van der Waals surface area contributed by atoms with Crippen LogP contribution in [0.2, 0.25) is 10.0 Å². The molecular weight excluding hydrogens is 792 g/mol. The molecule has 0 saturated heterocycles. The molecule has 0 aliphatic heterocycles. The summed E-state index contributed by atoms with van der Waals surface area (Å²) in [5.41, 5.74) is 1.39. The molecule has 0 aromatic heterocycles. The second-order valence-corrected chi connectivity index (χ2v) is 16.2. The Hall–Kier alpha value is -5.52. The quantitative estimate of drug-likeness (QED) is 0.126. The van der Waals surface area contributed by atoms with Gasteiger partial charge < -0.3 is 20.4 Å². The zero-order valence-electron chi connectivity index (χ0n) is 30.1. The van der Waals surface area contributed by atoms with Crippen LogP contribution in [0.4, 0.5) is 0 Å². The van der Waals surface area contributed by atoms with Crippen LogP contribution in [0.25, 0.3) is 0 Å². The van der Waals surface area contributed by atoms with E-state index in [0.29, 0.717) is 22.3 Å². The molecule has 12 heteroatoms. The van der Waals surface area contributed by atoms with Gasteiger partial charge >= 0.3 is 0 Å². The third kappa shape index (κ3) is 6.42. The Labute approximate surface area is 339 Å². The van der Waals surface area contributed by atoms with E-state index in [4.69, 9.17) is 23.2 Å². The smallest absolute Gasteiger partial charge is 0.198 e. The first-order chi connectivity index (χ1) is 26.6. The van der Waals surface area contributed by atoms with Gasteiger partial charge in [0.15, 0.2) is 23.1 Å². The van der Waals surface area contributed by atoms with Gasteiger partial charge in [-0.25, -0.2) is 0 Å². The van der Waals surface area contributed by atoms with Crippen LogP contribution in [0.15, 0.2) is 105 Å². The lowest BCUT2D eigenvalue weighted by molar-refractivity contribution is 0.0973. The van der Waals surface area contributed by atoms with Crippen LogP contribution in [-0.4, -0.2) is 43.6 Å². The van der Waals surface area contributed by atoms with Crippen LogP contribution >= 0.6 is 46.7 Å². The number of ketones is 4. The third-order valence-electron chi connectivity index (χ3n) is 9.97. The second kappa shape index (κ2) is 14.9. The summed E-state index contributed by atoms with van der Waals surface area (Å²) in [5.74, 6) is -3.19. The second-order valence-electron chi connectivity index (χ2n) is 13.2. The van der Waals surface area contributed by atoms with Crippen molar-refractivity contribution in [1.82, 2.24) is 0 Å². The molecule has 0 saturated carbocycles. The zero-order valence-corrected chi connectivity index (χ0v) is 33.2. The fraction of sp³-hybridized carbons (Fsp3) is 0.0909. The summed E-state index contributed by atoms with van der Waals surface area (Å²) >= 11 is 14.8. The summed E-state index contributed by atoms with van der Waals surface area (Å²) in [6.07, 6.45) is 0. The van der Waals surface area contributed by atoms with Gasteiger partial charge in [-0.05, 0) is 98.5 Å². The van der Waals surface area contributed by atoms with E-state index in [1.807, 2.05) is 60.7 Å². The zero-order chi connectivity index (χ0) is 40.3. The van der Waals surface area contributed by atoms with Crippen LogP contribution in [0, 0.1) is 27.7 Å². The molecule has 0 atom stereocenters. The predicted molar refractivity (Wildman–Crippen MR) is 216 cm³/mol. The number of fused-ring (bicyclic) bond motifs is 4. The monoisotopic (exact) mass is 820 g/mol. The van der Waals surface area contributed by atoms with Crippen LogP contribution in [-0.2, 0) is 0 Å². The van der Waals surface area contributed by atoms with E-state index < -0.39 is 23.1 Å². The molecule has 0 heterocycles. The summed E-state index contributed by atoms with van der Waals surface area (Å²) in [6, 6.07) is 25.7. The van der Waals surface area contributed by atoms with Crippen molar-refractivity contribution in [3.05, 3.63) is 162 Å². The number of phenolic OH excluding ortho intramolecular Hbond substituents is 4. The Morgan fingerprint density at radius 2 is 0.661 bits per heavy atom. The fourth-order valence-corrected chi connectivity index (χ4v) is 8.95. The van der Waals surface area contributed by atoms with Crippen LogP contribution in [0.5, 0.6) is 23.0 Å². The first-order valence-corrected chi connectivity index (χ1v) is 19.4. The highest BCUT2D eigenvalue weighted by Gasteiger charge is 2.38. The van der Waals surface area contributed by atoms with E-state index in [9.17, 15) is 39.6 Å². The van der Waals surface area contributed by atoms with Gasteiger partial charge in [-0.3, -0.25) is 19.2 Å². The van der Waals surface area contributed by atoms with Gasteiger partial charge in [0.1, 0.15) is 23.0 Å². The molecule has 56 heavy (non-hydrogen) atoms. The van der Waals surface area contributed by atoms with Crippen LogP contribution in [0.3, 0.4) is 0 Å². The molecule has 0 amide bonds. The highest BCUT2D eigenvalue weighted by molar-refractivity contribution is 8.02. The maximum absolute atomic E-state index is 13.5. The normalized spacial score (nSPS) is 12.7. The van der Waals surface area contributed by atoms with Gasteiger partial charge in [0, 0.05) is 41.8 Å². The highest BCUT2D eigenvalue weighted by atomic mass is 35.5. The molecule has 0 fully saturated rings. The van der Waals surface area contributed by atoms with Crippen molar-refractivity contribution >= 4 is 69.9 Å². The molecule has 8 nitrogen and oxygen atoms in total. The Kier molecular flexibility index (Phi) is 10.3. The molecule has 0 radical (unpaired) electrons. The topological polar surface area (TPSA) is 149 Å². The summed E-state index contributed by atoms with van der Waals surface area (Å²) in [5, 5.41) is 42.2. The van der Waals surface area contributed by atoms with Gasteiger partial charge in [0.25, 0.3) is 0 Å². The number of aromatic hydroxyl groups is 4. The number of carbonyl (C=O) groups is 4. The van der Waals surface area contributed by atoms with Gasteiger partial charge in [0.05, 0.1) is 32.3 Å². The van der Waals surface area contributed by atoms with Crippen LogP contribution in [0.1, 0.15) is 85.9 Å². The van der Waals surface area contributed by atoms with E-state index in [2.05, 4.69) is 0 Å². The van der Waals surface area contributed by atoms with Crippen molar-refractivity contribution in [2.45, 2.75) is 47.3 Å². The Bertz CT molecular complexity index is 2530. The molecule has 2 aliphatic carbocycles. The van der Waals surface area contributed by atoms with E-state index >= 15 is 0 Å². The maximum atomic E-state index is 13.5. The molecule has 0 bridgehead atoms. The number of benzene rings is 6. The number of carbonyl (C=O) groups excluding carboxylic acids is 4. The van der Waals surface area contributed by atoms with E-state index in [0.717, 1.165) is 19.6 Å². The molecule has 4 N–H and O–H groups in total. The first kappa shape index (κ1) is 38.7. The standard InChI is InChI=1S/C28H20O4S2.C16H10Cl2O4/c1-15-16(2)26(30)24-23(25(15)29)27(31)19-13-21(33-17-9-5-3-6-10-17)22(14-20(19)28(24)32)34-18-11-7-4-8-12-18;1-5-6(2)14(20)12-11(13(5)19)15(21)7-3-9(17)10(18)4-8(7)16(12)22/h3-14,29-30H,1-2H3;3-4,19-20H,1-2H3. The first-order valence-electron chi connectivity index (χ1n) is 17.0. The lowest BCUT2D eigenvalue weighted by atomic mass is 9.81. The average Bonchev–Trinajstić information content (AvgIpc) is 3.19. The number of hydrogen-bond acceptors (Lipinski definition) is 10. The van der Waals surface area contributed by atoms with E-state index in [-0.39, 0.29) is 77.6 Å². The van der Waals surface area contributed by atoms with Gasteiger partial charge in [-0.1, -0.05) is 83.1 Å². The molecule has 0 spiro atoms. The van der Waals surface area contributed by atoms with Crippen molar-refractivity contribution in [2.24, 2.45) is 0 Å². The maximum Gasteiger partial charge on any atom is 0.198 e. The molecule has 6 aromatic carbocycles. The minimum atomic E-state index is -0.570.